The van der Waals surface area contributed by atoms with Crippen LogP contribution in [-0.2, 0) is 40.3 Å². The van der Waals surface area contributed by atoms with Gasteiger partial charge in [0.2, 0.25) is 17.7 Å². The van der Waals surface area contributed by atoms with E-state index in [0.29, 0.717) is 45.3 Å². The van der Waals surface area contributed by atoms with Gasteiger partial charge in [-0.2, -0.15) is 0 Å². The number of hydrogen-bond acceptors (Lipinski definition) is 5. The zero-order valence-electron chi connectivity index (χ0n) is 16.8. The summed E-state index contributed by atoms with van der Waals surface area (Å²) in [4.78, 5) is 46.6. The lowest BCUT2D eigenvalue weighted by Crippen LogP contribution is -2.41. The first-order valence-electron chi connectivity index (χ1n) is 10.3. The SMILES string of the molecule is O=C1CCC(C(=O)NCc2cnc3c(c2)CN(C(=O)CCc2cccnc2)CC3)N1. The van der Waals surface area contributed by atoms with E-state index in [4.69, 9.17) is 0 Å². The van der Waals surface area contributed by atoms with Gasteiger partial charge in [0.15, 0.2) is 0 Å². The van der Waals surface area contributed by atoms with E-state index < -0.39 is 6.04 Å². The molecule has 30 heavy (non-hydrogen) atoms. The normalized spacial score (nSPS) is 17.9. The Labute approximate surface area is 175 Å². The fourth-order valence-corrected chi connectivity index (χ4v) is 3.86. The van der Waals surface area contributed by atoms with E-state index in [0.717, 1.165) is 28.8 Å². The summed E-state index contributed by atoms with van der Waals surface area (Å²) >= 11 is 0. The molecule has 8 nitrogen and oxygen atoms in total. The average molecular weight is 407 g/mol. The molecule has 0 saturated carbocycles. The largest absolute Gasteiger partial charge is 0.350 e. The van der Waals surface area contributed by atoms with Crippen LogP contribution >= 0.6 is 0 Å². The lowest BCUT2D eigenvalue weighted by Gasteiger charge is -2.28. The summed E-state index contributed by atoms with van der Waals surface area (Å²) in [6, 6.07) is 5.42. The van der Waals surface area contributed by atoms with Crippen molar-refractivity contribution in [2.45, 2.75) is 51.2 Å². The Morgan fingerprint density at radius 1 is 1.23 bits per heavy atom. The molecule has 0 aliphatic carbocycles. The van der Waals surface area contributed by atoms with E-state index in [2.05, 4.69) is 20.6 Å². The summed E-state index contributed by atoms with van der Waals surface area (Å²) in [5.41, 5.74) is 3.97. The molecule has 1 atom stereocenters. The van der Waals surface area contributed by atoms with Gasteiger partial charge < -0.3 is 15.5 Å². The minimum Gasteiger partial charge on any atom is -0.350 e. The van der Waals surface area contributed by atoms with Crippen LogP contribution in [0.5, 0.6) is 0 Å². The second kappa shape index (κ2) is 9.02. The number of fused-ring (bicyclic) bond motifs is 1. The molecule has 0 radical (unpaired) electrons. The van der Waals surface area contributed by atoms with Gasteiger partial charge in [0, 0.05) is 63.2 Å². The van der Waals surface area contributed by atoms with Crippen molar-refractivity contribution in [1.29, 1.82) is 0 Å². The monoisotopic (exact) mass is 407 g/mol. The maximum absolute atomic E-state index is 12.6. The summed E-state index contributed by atoms with van der Waals surface area (Å²) in [5, 5.41) is 5.53. The number of carbonyl (C=O) groups excluding carboxylic acids is 3. The highest BCUT2D eigenvalue weighted by Crippen LogP contribution is 2.19. The molecule has 2 aliphatic rings. The molecule has 0 spiro atoms. The number of hydrogen-bond donors (Lipinski definition) is 2. The fraction of sp³-hybridized carbons (Fsp3) is 0.409. The third kappa shape index (κ3) is 4.82. The molecule has 156 valence electrons. The highest BCUT2D eigenvalue weighted by molar-refractivity contribution is 5.90. The molecule has 2 aromatic heterocycles. The zero-order valence-corrected chi connectivity index (χ0v) is 16.8. The van der Waals surface area contributed by atoms with Crippen molar-refractivity contribution in [2.24, 2.45) is 0 Å². The van der Waals surface area contributed by atoms with Crippen LogP contribution < -0.4 is 10.6 Å². The van der Waals surface area contributed by atoms with Gasteiger partial charge in [-0.15, -0.1) is 0 Å². The van der Waals surface area contributed by atoms with Crippen molar-refractivity contribution in [3.05, 3.63) is 59.2 Å². The van der Waals surface area contributed by atoms with Gasteiger partial charge in [-0.25, -0.2) is 0 Å². The Morgan fingerprint density at radius 3 is 2.90 bits per heavy atom. The molecule has 1 fully saturated rings. The highest BCUT2D eigenvalue weighted by Gasteiger charge is 2.27. The van der Waals surface area contributed by atoms with Crippen LogP contribution in [0.1, 0.15) is 41.6 Å². The van der Waals surface area contributed by atoms with Crippen molar-refractivity contribution < 1.29 is 14.4 Å². The Kier molecular flexibility index (Phi) is 6.02. The Morgan fingerprint density at radius 2 is 2.13 bits per heavy atom. The molecular weight excluding hydrogens is 382 g/mol. The van der Waals surface area contributed by atoms with Crippen LogP contribution in [0.3, 0.4) is 0 Å². The number of rotatable bonds is 6. The van der Waals surface area contributed by atoms with Gasteiger partial charge >= 0.3 is 0 Å². The van der Waals surface area contributed by atoms with E-state index in [9.17, 15) is 14.4 Å². The molecule has 4 rings (SSSR count). The first-order chi connectivity index (χ1) is 14.6. The van der Waals surface area contributed by atoms with Crippen molar-refractivity contribution in [1.82, 2.24) is 25.5 Å². The van der Waals surface area contributed by atoms with Crippen molar-refractivity contribution in [3.8, 4) is 0 Å². The topological polar surface area (TPSA) is 104 Å². The van der Waals surface area contributed by atoms with Crippen LogP contribution in [0.4, 0.5) is 0 Å². The molecule has 3 amide bonds. The minimum atomic E-state index is -0.448. The molecule has 1 saturated heterocycles. The van der Waals surface area contributed by atoms with E-state index in [1.165, 1.54) is 0 Å². The van der Waals surface area contributed by atoms with Crippen LogP contribution in [0.25, 0.3) is 0 Å². The summed E-state index contributed by atoms with van der Waals surface area (Å²) in [6.07, 6.45) is 8.08. The third-order valence-electron chi connectivity index (χ3n) is 5.58. The fourth-order valence-electron chi connectivity index (χ4n) is 3.86. The number of amides is 3. The lowest BCUT2D eigenvalue weighted by atomic mass is 10.0. The first-order valence-corrected chi connectivity index (χ1v) is 10.3. The van der Waals surface area contributed by atoms with Gasteiger partial charge in [0.05, 0.1) is 0 Å². The van der Waals surface area contributed by atoms with Crippen LogP contribution in [-0.4, -0.2) is 45.2 Å². The highest BCUT2D eigenvalue weighted by atomic mass is 16.2. The molecule has 2 aromatic rings. The molecule has 2 N–H and O–H groups in total. The summed E-state index contributed by atoms with van der Waals surface area (Å²) < 4.78 is 0. The van der Waals surface area contributed by atoms with E-state index in [1.54, 1.807) is 18.6 Å². The van der Waals surface area contributed by atoms with Crippen molar-refractivity contribution >= 4 is 17.7 Å². The standard InChI is InChI=1S/C22H25N5O3/c28-20-5-4-19(26-20)22(30)25-13-16-10-17-14-27(9-7-18(17)24-12-16)21(29)6-3-15-2-1-8-23-11-15/h1-2,8,10-12,19H,3-7,9,13-14H2,(H,25,30)(H,26,28). The van der Waals surface area contributed by atoms with Crippen LogP contribution in [0, 0.1) is 0 Å². The quantitative estimate of drug-likeness (QED) is 0.740. The summed E-state index contributed by atoms with van der Waals surface area (Å²) in [5.74, 6) is -0.134. The summed E-state index contributed by atoms with van der Waals surface area (Å²) in [6.45, 7) is 1.55. The van der Waals surface area contributed by atoms with Gasteiger partial charge in [-0.3, -0.25) is 24.4 Å². The molecule has 0 aromatic carbocycles. The zero-order chi connectivity index (χ0) is 20.9. The minimum absolute atomic E-state index is 0.0844. The Balaban J connectivity index is 1.32. The number of pyridine rings is 2. The molecule has 8 heteroatoms. The van der Waals surface area contributed by atoms with E-state index in [-0.39, 0.29) is 17.7 Å². The van der Waals surface area contributed by atoms with E-state index in [1.807, 2.05) is 23.1 Å². The second-order valence-electron chi connectivity index (χ2n) is 7.75. The predicted molar refractivity (Wildman–Crippen MR) is 109 cm³/mol. The number of aromatic nitrogens is 2. The molecule has 4 heterocycles. The van der Waals surface area contributed by atoms with Crippen LogP contribution in [0.15, 0.2) is 36.8 Å². The maximum Gasteiger partial charge on any atom is 0.242 e. The maximum atomic E-state index is 12.6. The van der Waals surface area contributed by atoms with Gasteiger partial charge in [-0.1, -0.05) is 6.07 Å². The van der Waals surface area contributed by atoms with Gasteiger partial charge in [-0.05, 0) is 41.7 Å². The smallest absolute Gasteiger partial charge is 0.242 e. The second-order valence-corrected chi connectivity index (χ2v) is 7.75. The van der Waals surface area contributed by atoms with Crippen molar-refractivity contribution in [3.63, 3.8) is 0 Å². The number of carbonyl (C=O) groups is 3. The summed E-state index contributed by atoms with van der Waals surface area (Å²) in [7, 11) is 0. The van der Waals surface area contributed by atoms with Crippen molar-refractivity contribution in [2.75, 3.05) is 6.54 Å². The van der Waals surface area contributed by atoms with Gasteiger partial charge in [0.1, 0.15) is 6.04 Å². The Hall–Kier alpha value is -3.29. The number of nitrogens with zero attached hydrogens (tertiary/aromatic N) is 3. The average Bonchev–Trinajstić information content (AvgIpc) is 3.22. The lowest BCUT2D eigenvalue weighted by molar-refractivity contribution is -0.132. The first kappa shape index (κ1) is 20.0. The van der Waals surface area contributed by atoms with Gasteiger partial charge in [0.25, 0.3) is 0 Å². The molecule has 1 unspecified atom stereocenters. The Bertz CT molecular complexity index is 947. The molecule has 0 bridgehead atoms. The molecular formula is C22H25N5O3. The van der Waals surface area contributed by atoms with E-state index >= 15 is 0 Å². The van der Waals surface area contributed by atoms with Crippen LogP contribution in [0.2, 0.25) is 0 Å². The number of nitrogens with one attached hydrogen (secondary N) is 2. The molecule has 2 aliphatic heterocycles. The predicted octanol–water partition coefficient (Wildman–Crippen LogP) is 0.889. The third-order valence-corrected chi connectivity index (χ3v) is 5.58. The number of aryl methyl sites for hydroxylation is 1.